The molecule has 0 heterocycles. The molecule has 0 aliphatic carbocycles. The second-order valence-corrected chi connectivity index (χ2v) is 5.38. The third-order valence-corrected chi connectivity index (χ3v) is 3.95. The lowest BCUT2D eigenvalue weighted by Crippen LogP contribution is -2.14. The van der Waals surface area contributed by atoms with Crippen LogP contribution in [0.15, 0.2) is 27.6 Å². The Kier molecular flexibility index (Phi) is 4.95. The van der Waals surface area contributed by atoms with Crippen LogP contribution in [0.4, 0.5) is 5.69 Å². The van der Waals surface area contributed by atoms with E-state index < -0.39 is 16.1 Å². The number of nitro benzene ring substituents is 1. The summed E-state index contributed by atoms with van der Waals surface area (Å²) in [6.07, 6.45) is 0.410. The molecule has 5 nitrogen and oxygen atoms in total. The third kappa shape index (κ3) is 3.71. The van der Waals surface area contributed by atoms with Crippen molar-refractivity contribution in [3.05, 3.63) is 32.8 Å². The molecule has 0 aliphatic rings. The number of carboxylic acids is 1. The number of carbonyl (C=O) groups is 1. The summed E-state index contributed by atoms with van der Waals surface area (Å²) in [5, 5.41) is 19.1. The third-order valence-electron chi connectivity index (χ3n) is 2.03. The van der Waals surface area contributed by atoms with Crippen LogP contribution in [0.5, 0.6) is 0 Å². The first-order chi connectivity index (χ1) is 7.95. The van der Waals surface area contributed by atoms with E-state index in [0.29, 0.717) is 15.8 Å². The van der Waals surface area contributed by atoms with Crippen LogP contribution >= 0.6 is 27.7 Å². The first kappa shape index (κ1) is 14.0. The van der Waals surface area contributed by atoms with Crippen molar-refractivity contribution in [1.29, 1.82) is 0 Å². The zero-order valence-corrected chi connectivity index (χ0v) is 11.3. The molecule has 1 unspecified atom stereocenters. The van der Waals surface area contributed by atoms with Gasteiger partial charge in [0.25, 0.3) is 5.69 Å². The number of aliphatic carboxylic acids is 1. The highest BCUT2D eigenvalue weighted by Gasteiger charge is 2.22. The van der Waals surface area contributed by atoms with Crippen LogP contribution in [0, 0.1) is 10.1 Å². The fourth-order valence-corrected chi connectivity index (χ4v) is 2.52. The fraction of sp³-hybridized carbons (Fsp3) is 0.300. The molecule has 0 amide bonds. The summed E-state index contributed by atoms with van der Waals surface area (Å²) >= 11 is 4.15. The predicted octanol–water partition coefficient (Wildman–Crippen LogP) is 3.31. The minimum Gasteiger partial charge on any atom is -0.480 e. The predicted molar refractivity (Wildman–Crippen MR) is 68.4 cm³/mol. The van der Waals surface area contributed by atoms with Gasteiger partial charge in [-0.15, -0.1) is 11.8 Å². The molecule has 1 N–H and O–H groups in total. The highest BCUT2D eigenvalue weighted by atomic mass is 79.9. The van der Waals surface area contributed by atoms with E-state index in [4.69, 9.17) is 5.11 Å². The van der Waals surface area contributed by atoms with Crippen LogP contribution in [0.25, 0.3) is 0 Å². The maximum atomic E-state index is 10.9. The standard InChI is InChI=1S/C10H10BrNO4S/c1-2-8(10(13)14)17-9-4-3-6(11)5-7(9)12(15)16/h3-5,8H,2H2,1H3,(H,13,14). The minimum absolute atomic E-state index is 0.0796. The fourth-order valence-electron chi connectivity index (χ4n) is 1.19. The molecule has 1 aromatic rings. The van der Waals surface area contributed by atoms with Crippen LogP contribution < -0.4 is 0 Å². The molecule has 0 fully saturated rings. The molecule has 1 atom stereocenters. The molecule has 0 aliphatic heterocycles. The van der Waals surface area contributed by atoms with Gasteiger partial charge in [0.2, 0.25) is 0 Å². The zero-order valence-electron chi connectivity index (χ0n) is 8.92. The van der Waals surface area contributed by atoms with Gasteiger partial charge in [0, 0.05) is 10.5 Å². The lowest BCUT2D eigenvalue weighted by Gasteiger charge is -2.09. The van der Waals surface area contributed by atoms with E-state index in [1.165, 1.54) is 6.07 Å². The monoisotopic (exact) mass is 319 g/mol. The smallest absolute Gasteiger partial charge is 0.316 e. The van der Waals surface area contributed by atoms with E-state index in [-0.39, 0.29) is 5.69 Å². The van der Waals surface area contributed by atoms with Gasteiger partial charge in [0.05, 0.1) is 9.82 Å². The number of hydrogen-bond acceptors (Lipinski definition) is 4. The Balaban J connectivity index is 3.05. The topological polar surface area (TPSA) is 80.4 Å². The number of hydrogen-bond donors (Lipinski definition) is 1. The number of benzene rings is 1. The highest BCUT2D eigenvalue weighted by molar-refractivity contribution is 9.10. The van der Waals surface area contributed by atoms with Crippen molar-refractivity contribution < 1.29 is 14.8 Å². The number of nitro groups is 1. The summed E-state index contributed by atoms with van der Waals surface area (Å²) < 4.78 is 0.594. The summed E-state index contributed by atoms with van der Waals surface area (Å²) in [5.74, 6) is -0.963. The van der Waals surface area contributed by atoms with E-state index in [2.05, 4.69) is 15.9 Å². The minimum atomic E-state index is -0.963. The summed E-state index contributed by atoms with van der Waals surface area (Å²) in [6, 6.07) is 4.58. The van der Waals surface area contributed by atoms with Crippen LogP contribution in [-0.4, -0.2) is 21.2 Å². The van der Waals surface area contributed by atoms with Crippen LogP contribution in [0.3, 0.4) is 0 Å². The molecule has 0 radical (unpaired) electrons. The van der Waals surface area contributed by atoms with Crippen molar-refractivity contribution in [3.8, 4) is 0 Å². The summed E-state index contributed by atoms with van der Waals surface area (Å²) in [6.45, 7) is 1.73. The van der Waals surface area contributed by atoms with Gasteiger partial charge in [-0.25, -0.2) is 0 Å². The van der Waals surface area contributed by atoms with Crippen molar-refractivity contribution in [2.45, 2.75) is 23.5 Å². The Labute approximate surface area is 110 Å². The summed E-state index contributed by atoms with van der Waals surface area (Å²) in [7, 11) is 0. The van der Waals surface area contributed by atoms with Crippen molar-refractivity contribution in [2.75, 3.05) is 0 Å². The molecule has 0 saturated heterocycles. The van der Waals surface area contributed by atoms with Crippen LogP contribution in [0.1, 0.15) is 13.3 Å². The van der Waals surface area contributed by atoms with Crippen molar-refractivity contribution >= 4 is 39.3 Å². The average molecular weight is 320 g/mol. The molecule has 0 aromatic heterocycles. The average Bonchev–Trinajstić information content (AvgIpc) is 2.26. The molecule has 0 saturated carbocycles. The molecule has 1 rings (SSSR count). The molecule has 1 aromatic carbocycles. The van der Waals surface area contributed by atoms with E-state index in [1.807, 2.05) is 0 Å². The van der Waals surface area contributed by atoms with Gasteiger partial charge in [-0.1, -0.05) is 22.9 Å². The maximum Gasteiger partial charge on any atom is 0.316 e. The maximum absolute atomic E-state index is 10.9. The molecular weight excluding hydrogens is 310 g/mol. The van der Waals surface area contributed by atoms with Crippen LogP contribution in [0.2, 0.25) is 0 Å². The number of carboxylic acid groups (broad SMARTS) is 1. The molecule has 92 valence electrons. The van der Waals surface area contributed by atoms with E-state index >= 15 is 0 Å². The second-order valence-electron chi connectivity index (χ2n) is 3.22. The van der Waals surface area contributed by atoms with E-state index in [0.717, 1.165) is 11.8 Å². The van der Waals surface area contributed by atoms with Crippen LogP contribution in [-0.2, 0) is 4.79 Å². The first-order valence-corrected chi connectivity index (χ1v) is 6.46. The number of thioether (sulfide) groups is 1. The van der Waals surface area contributed by atoms with Crippen molar-refractivity contribution in [3.63, 3.8) is 0 Å². The largest absolute Gasteiger partial charge is 0.480 e. The lowest BCUT2D eigenvalue weighted by atomic mass is 10.3. The van der Waals surface area contributed by atoms with Gasteiger partial charge < -0.3 is 5.11 Å². The molecule has 7 heteroatoms. The van der Waals surface area contributed by atoms with Gasteiger partial charge in [0.15, 0.2) is 0 Å². The molecule has 0 spiro atoms. The summed E-state index contributed by atoms with van der Waals surface area (Å²) in [4.78, 5) is 21.6. The number of halogens is 1. The van der Waals surface area contributed by atoms with Gasteiger partial charge in [0.1, 0.15) is 5.25 Å². The lowest BCUT2D eigenvalue weighted by molar-refractivity contribution is -0.387. The number of nitrogens with zero attached hydrogens (tertiary/aromatic N) is 1. The Bertz CT molecular complexity index is 452. The highest BCUT2D eigenvalue weighted by Crippen LogP contribution is 2.35. The molecule has 17 heavy (non-hydrogen) atoms. The van der Waals surface area contributed by atoms with Gasteiger partial charge in [-0.05, 0) is 18.6 Å². The Morgan fingerprint density at radius 2 is 2.29 bits per heavy atom. The Morgan fingerprint density at radius 1 is 1.65 bits per heavy atom. The number of rotatable bonds is 5. The Morgan fingerprint density at radius 3 is 2.76 bits per heavy atom. The van der Waals surface area contributed by atoms with Gasteiger partial charge >= 0.3 is 5.97 Å². The zero-order chi connectivity index (χ0) is 13.0. The SMILES string of the molecule is CCC(Sc1ccc(Br)cc1[N+](=O)[O-])C(=O)O. The van der Waals surface area contributed by atoms with Crippen molar-refractivity contribution in [2.24, 2.45) is 0 Å². The van der Waals surface area contributed by atoms with Crippen molar-refractivity contribution in [1.82, 2.24) is 0 Å². The first-order valence-electron chi connectivity index (χ1n) is 4.79. The quantitative estimate of drug-likeness (QED) is 0.511. The second kappa shape index (κ2) is 6.02. The normalized spacial score (nSPS) is 12.1. The Hall–Kier alpha value is -1.08. The molecule has 0 bridgehead atoms. The van der Waals surface area contributed by atoms with E-state index in [9.17, 15) is 14.9 Å². The van der Waals surface area contributed by atoms with E-state index in [1.54, 1.807) is 19.1 Å². The van der Waals surface area contributed by atoms with Gasteiger partial charge in [-0.3, -0.25) is 14.9 Å². The molecular formula is C10H10BrNO4S. The summed E-state index contributed by atoms with van der Waals surface area (Å²) in [5.41, 5.74) is -0.0796. The van der Waals surface area contributed by atoms with Gasteiger partial charge in [-0.2, -0.15) is 0 Å².